The number of benzene rings is 1. The van der Waals surface area contributed by atoms with Crippen molar-refractivity contribution in [1.29, 1.82) is 0 Å². The average Bonchev–Trinajstić information content (AvgIpc) is 3.63. The number of sulfonamides is 1. The standard InChI is InChI=1S/C24H23N6O3S/c1-16-2-6-20(7-3-16)34(32,33)29-11-9-21-24(29)25-13-22-26-27-23(30(21)22)18-4-5-19(12-18)28-10-8-17(14-28)15-31/h2-3,6-8,10-11,13-15,18-19H,4-5,9,12H2,1H3/q+1/t18-,19+/m1/s1. The zero-order valence-corrected chi connectivity index (χ0v) is 19.4. The van der Waals surface area contributed by atoms with Crippen molar-refractivity contribution in [2.24, 2.45) is 0 Å². The third-order valence-electron chi connectivity index (χ3n) is 6.85. The Morgan fingerprint density at radius 1 is 1.12 bits per heavy atom. The highest BCUT2D eigenvalue weighted by Gasteiger charge is 2.38. The van der Waals surface area contributed by atoms with E-state index in [0.717, 1.165) is 42.6 Å². The van der Waals surface area contributed by atoms with E-state index in [1.54, 1.807) is 36.7 Å². The molecule has 0 saturated heterocycles. The number of aldehydes is 1. The lowest BCUT2D eigenvalue weighted by Crippen LogP contribution is -2.17. The van der Waals surface area contributed by atoms with Gasteiger partial charge in [0.25, 0.3) is 0 Å². The predicted octanol–water partition coefficient (Wildman–Crippen LogP) is 3.22. The fourth-order valence-electron chi connectivity index (χ4n) is 5.08. The van der Waals surface area contributed by atoms with E-state index in [-0.39, 0.29) is 16.9 Å². The van der Waals surface area contributed by atoms with Gasteiger partial charge in [-0.25, -0.2) is 0 Å². The second kappa shape index (κ2) is 7.69. The van der Waals surface area contributed by atoms with Gasteiger partial charge in [0.1, 0.15) is 16.4 Å². The number of hydrogen-bond acceptors (Lipinski definition) is 6. The van der Waals surface area contributed by atoms with Crippen LogP contribution in [0.5, 0.6) is 0 Å². The minimum Gasteiger partial charge on any atom is -0.350 e. The average molecular weight is 476 g/mol. The van der Waals surface area contributed by atoms with Crippen molar-refractivity contribution in [2.75, 3.05) is 0 Å². The SMILES string of the molecule is Cc1ccc(S(=O)(=O)[N+]2=CCc3c2ncc2nnc([C@@H]4CC[C@H](n5ccc(C=O)c5)C4)n32)cc1. The van der Waals surface area contributed by atoms with Gasteiger partial charge in [-0.2, -0.15) is 8.42 Å². The number of carbonyl (C=O) groups excluding carboxylic acids is 1. The molecule has 10 heteroatoms. The summed E-state index contributed by atoms with van der Waals surface area (Å²) in [5.41, 5.74) is 3.06. The van der Waals surface area contributed by atoms with Crippen LogP contribution in [0.4, 0.5) is 5.82 Å². The van der Waals surface area contributed by atoms with Crippen molar-refractivity contribution in [3.05, 3.63) is 71.6 Å². The molecule has 1 aliphatic carbocycles. The molecule has 1 aromatic carbocycles. The molecule has 0 N–H and O–H groups in total. The normalized spacial score (nSPS) is 20.0. The van der Waals surface area contributed by atoms with Gasteiger partial charge in [-0.1, -0.05) is 17.7 Å². The van der Waals surface area contributed by atoms with Crippen LogP contribution in [0.3, 0.4) is 0 Å². The molecule has 1 aliphatic heterocycles. The largest absolute Gasteiger partial charge is 0.358 e. The number of nitrogens with zero attached hydrogens (tertiary/aromatic N) is 6. The minimum atomic E-state index is -3.77. The van der Waals surface area contributed by atoms with E-state index in [9.17, 15) is 13.2 Å². The number of fused-ring (bicyclic) bond motifs is 3. The van der Waals surface area contributed by atoms with Crippen LogP contribution in [-0.4, -0.2) is 49.0 Å². The minimum absolute atomic E-state index is 0.177. The third kappa shape index (κ3) is 3.20. The molecule has 1 fully saturated rings. The van der Waals surface area contributed by atoms with E-state index in [4.69, 9.17) is 0 Å². The molecule has 4 heterocycles. The second-order valence-electron chi connectivity index (χ2n) is 8.95. The highest BCUT2D eigenvalue weighted by atomic mass is 32.2. The monoisotopic (exact) mass is 475 g/mol. The van der Waals surface area contributed by atoms with E-state index in [1.165, 1.54) is 3.98 Å². The first-order valence-electron chi connectivity index (χ1n) is 11.3. The summed E-state index contributed by atoms with van der Waals surface area (Å²) in [6.45, 7) is 1.92. The number of rotatable bonds is 5. The van der Waals surface area contributed by atoms with E-state index >= 15 is 0 Å². The van der Waals surface area contributed by atoms with E-state index in [1.807, 2.05) is 29.8 Å². The van der Waals surface area contributed by atoms with E-state index in [0.29, 0.717) is 23.4 Å². The molecule has 34 heavy (non-hydrogen) atoms. The molecule has 3 aromatic heterocycles. The summed E-state index contributed by atoms with van der Waals surface area (Å²) in [6, 6.07) is 8.93. The Bertz CT molecular complexity index is 1570. The lowest BCUT2D eigenvalue weighted by atomic mass is 10.1. The van der Waals surface area contributed by atoms with Crippen LogP contribution in [0.25, 0.3) is 5.65 Å². The molecule has 2 aliphatic rings. The third-order valence-corrected chi connectivity index (χ3v) is 8.55. The molecule has 172 valence electrons. The van der Waals surface area contributed by atoms with Gasteiger partial charge in [0, 0.05) is 29.9 Å². The van der Waals surface area contributed by atoms with E-state index in [2.05, 4.69) is 19.7 Å². The lowest BCUT2D eigenvalue weighted by Gasteiger charge is -2.13. The highest BCUT2D eigenvalue weighted by molar-refractivity contribution is 7.85. The maximum atomic E-state index is 13.3. The van der Waals surface area contributed by atoms with Gasteiger partial charge >= 0.3 is 15.8 Å². The van der Waals surface area contributed by atoms with Gasteiger partial charge in [0.05, 0.1) is 12.6 Å². The van der Waals surface area contributed by atoms with Crippen molar-refractivity contribution in [3.8, 4) is 0 Å². The smallest absolute Gasteiger partial charge is 0.350 e. The van der Waals surface area contributed by atoms with Crippen LogP contribution in [0.15, 0.2) is 53.8 Å². The molecule has 9 nitrogen and oxygen atoms in total. The topological polar surface area (TPSA) is 102 Å². The summed E-state index contributed by atoms with van der Waals surface area (Å²) in [5.74, 6) is 1.41. The Hall–Kier alpha value is -3.66. The highest BCUT2D eigenvalue weighted by Crippen LogP contribution is 2.41. The number of hydrogen-bond donors (Lipinski definition) is 0. The Morgan fingerprint density at radius 3 is 2.71 bits per heavy atom. The molecule has 0 unspecified atom stereocenters. The first-order valence-corrected chi connectivity index (χ1v) is 12.7. The summed E-state index contributed by atoms with van der Waals surface area (Å²) in [5, 5.41) is 8.81. The first kappa shape index (κ1) is 20.9. The molecule has 2 atom stereocenters. The van der Waals surface area contributed by atoms with Crippen LogP contribution in [0, 0.1) is 6.92 Å². The Balaban J connectivity index is 1.35. The quantitative estimate of drug-likeness (QED) is 0.324. The Labute approximate surface area is 196 Å². The van der Waals surface area contributed by atoms with Crippen LogP contribution < -0.4 is 0 Å². The van der Waals surface area contributed by atoms with Gasteiger partial charge in [0.15, 0.2) is 12.5 Å². The Morgan fingerprint density at radius 2 is 1.94 bits per heavy atom. The number of aromatic nitrogens is 5. The molecule has 1 saturated carbocycles. The molecular weight excluding hydrogens is 452 g/mol. The van der Waals surface area contributed by atoms with Crippen molar-refractivity contribution in [1.82, 2.24) is 24.1 Å². The summed E-state index contributed by atoms with van der Waals surface area (Å²) in [4.78, 5) is 15.7. The van der Waals surface area contributed by atoms with Crippen molar-refractivity contribution < 1.29 is 17.2 Å². The van der Waals surface area contributed by atoms with Crippen LogP contribution in [0.1, 0.15) is 58.7 Å². The molecule has 0 spiro atoms. The summed E-state index contributed by atoms with van der Waals surface area (Å²) < 4.78 is 32.0. The second-order valence-corrected chi connectivity index (χ2v) is 10.8. The molecule has 0 radical (unpaired) electrons. The molecular formula is C24H23N6O3S+. The first-order chi connectivity index (χ1) is 16.5. The zero-order valence-electron chi connectivity index (χ0n) is 18.6. The maximum absolute atomic E-state index is 13.3. The van der Waals surface area contributed by atoms with Gasteiger partial charge < -0.3 is 4.57 Å². The van der Waals surface area contributed by atoms with E-state index < -0.39 is 10.0 Å². The van der Waals surface area contributed by atoms with Gasteiger partial charge in [-0.05, 0) is 49.4 Å². The summed E-state index contributed by atoms with van der Waals surface area (Å²) >= 11 is 0. The molecule has 4 aromatic rings. The van der Waals surface area contributed by atoms with Crippen molar-refractivity contribution in [2.45, 2.75) is 49.5 Å². The fraction of sp³-hybridized carbons (Fsp3) is 0.292. The number of carbonyl (C=O) groups is 1. The lowest BCUT2D eigenvalue weighted by molar-refractivity contribution is -0.257. The maximum Gasteiger partial charge on any atom is 0.358 e. The molecule has 0 amide bonds. The van der Waals surface area contributed by atoms with Crippen LogP contribution >= 0.6 is 0 Å². The number of aryl methyl sites for hydroxylation is 1. The van der Waals surface area contributed by atoms with Crippen molar-refractivity contribution >= 4 is 34.0 Å². The van der Waals surface area contributed by atoms with Gasteiger partial charge in [0.2, 0.25) is 5.65 Å². The van der Waals surface area contributed by atoms with Crippen LogP contribution in [-0.2, 0) is 16.4 Å². The molecule has 6 rings (SSSR count). The summed E-state index contributed by atoms with van der Waals surface area (Å²) in [6.07, 6.45) is 11.1. The van der Waals surface area contributed by atoms with Crippen LogP contribution in [0.2, 0.25) is 0 Å². The van der Waals surface area contributed by atoms with Gasteiger partial charge in [-0.3, -0.25) is 9.20 Å². The Kier molecular flexibility index (Phi) is 4.73. The predicted molar refractivity (Wildman–Crippen MR) is 124 cm³/mol. The van der Waals surface area contributed by atoms with Gasteiger partial charge in [-0.15, -0.1) is 14.2 Å². The summed E-state index contributed by atoms with van der Waals surface area (Å²) in [7, 11) is -3.77. The zero-order chi connectivity index (χ0) is 23.4. The fourth-order valence-corrected chi connectivity index (χ4v) is 6.43. The molecule has 0 bridgehead atoms. The van der Waals surface area contributed by atoms with Crippen molar-refractivity contribution in [3.63, 3.8) is 0 Å².